The molecule has 0 aliphatic carbocycles. The van der Waals surface area contributed by atoms with Gasteiger partial charge in [0.25, 0.3) is 5.91 Å². The van der Waals surface area contributed by atoms with Crippen LogP contribution in [0.3, 0.4) is 0 Å². The first kappa shape index (κ1) is 27.9. The van der Waals surface area contributed by atoms with Gasteiger partial charge in [0, 0.05) is 32.8 Å². The van der Waals surface area contributed by atoms with Crippen molar-refractivity contribution in [2.24, 2.45) is 11.3 Å². The van der Waals surface area contributed by atoms with E-state index in [1.54, 1.807) is 11.0 Å². The number of likely N-dealkylation sites (tertiary alicyclic amines) is 1. The molecular weight excluding hydrogens is 465 g/mol. The molecule has 3 rings (SSSR count). The molecule has 2 aliphatic rings. The van der Waals surface area contributed by atoms with Gasteiger partial charge in [-0.3, -0.25) is 14.4 Å². The second kappa shape index (κ2) is 13.0. The van der Waals surface area contributed by atoms with Gasteiger partial charge in [-0.1, -0.05) is 32.8 Å². The van der Waals surface area contributed by atoms with Gasteiger partial charge in [0.15, 0.2) is 11.6 Å². The fourth-order valence-corrected chi connectivity index (χ4v) is 4.99. The first-order valence-electron chi connectivity index (χ1n) is 13.1. The van der Waals surface area contributed by atoms with Gasteiger partial charge in [-0.15, -0.1) is 0 Å². The van der Waals surface area contributed by atoms with E-state index in [1.165, 1.54) is 19.2 Å². The normalized spacial score (nSPS) is 22.8. The molecule has 1 aromatic carbocycles. The average Bonchev–Trinajstić information content (AvgIpc) is 2.89. The van der Waals surface area contributed by atoms with Gasteiger partial charge in [0.2, 0.25) is 11.8 Å². The maximum Gasteiger partial charge on any atom is 0.256 e. The minimum absolute atomic E-state index is 0.0205. The molecule has 2 fully saturated rings. The molecule has 200 valence electrons. The second-order valence-electron chi connectivity index (χ2n) is 9.95. The lowest BCUT2D eigenvalue weighted by Crippen LogP contribution is -2.57. The molecule has 2 heterocycles. The summed E-state index contributed by atoms with van der Waals surface area (Å²) in [5.74, 6) is -1.40. The molecule has 0 radical (unpaired) electrons. The number of amides is 3. The van der Waals surface area contributed by atoms with Gasteiger partial charge in [-0.2, -0.15) is 0 Å². The number of ether oxygens (including phenoxy) is 2. The van der Waals surface area contributed by atoms with E-state index in [2.05, 4.69) is 10.6 Å². The van der Waals surface area contributed by atoms with Gasteiger partial charge in [-0.25, -0.2) is 4.39 Å². The Hall–Kier alpha value is -2.68. The second-order valence-corrected chi connectivity index (χ2v) is 9.95. The molecule has 0 bridgehead atoms. The monoisotopic (exact) mass is 505 g/mol. The van der Waals surface area contributed by atoms with Gasteiger partial charge in [-0.05, 0) is 50.2 Å². The van der Waals surface area contributed by atoms with Crippen LogP contribution in [0.1, 0.15) is 69.2 Å². The lowest BCUT2D eigenvalue weighted by Gasteiger charge is -2.42. The van der Waals surface area contributed by atoms with Crippen LogP contribution >= 0.6 is 0 Å². The van der Waals surface area contributed by atoms with E-state index in [0.717, 1.165) is 25.7 Å². The molecule has 0 aromatic heterocycles. The number of methoxy groups -OCH3 is 1. The Bertz CT molecular complexity index is 917. The number of carbonyl (C=O) groups excluding carboxylic acids is 3. The minimum Gasteiger partial charge on any atom is -0.494 e. The zero-order chi connectivity index (χ0) is 26.1. The lowest BCUT2D eigenvalue weighted by atomic mass is 9.73. The van der Waals surface area contributed by atoms with Crippen molar-refractivity contribution in [1.29, 1.82) is 0 Å². The van der Waals surface area contributed by atoms with E-state index in [0.29, 0.717) is 52.1 Å². The van der Waals surface area contributed by atoms with Crippen LogP contribution in [0.5, 0.6) is 5.75 Å². The maximum absolute atomic E-state index is 14.7. The number of rotatable bonds is 4. The molecule has 36 heavy (non-hydrogen) atoms. The first-order valence-corrected chi connectivity index (χ1v) is 13.1. The highest BCUT2D eigenvalue weighted by atomic mass is 19.1. The molecule has 2 N–H and O–H groups in total. The fraction of sp³-hybridized carbons (Fsp3) is 0.667. The summed E-state index contributed by atoms with van der Waals surface area (Å²) < 4.78 is 25.4. The highest BCUT2D eigenvalue weighted by Crippen LogP contribution is 2.38. The van der Waals surface area contributed by atoms with E-state index < -0.39 is 23.2 Å². The number of piperidine rings is 1. The van der Waals surface area contributed by atoms with E-state index in [4.69, 9.17) is 9.47 Å². The number of hydrogen-bond donors (Lipinski definition) is 2. The molecule has 0 unspecified atom stereocenters. The topological polar surface area (TPSA) is 97.0 Å². The molecule has 8 nitrogen and oxygen atoms in total. The summed E-state index contributed by atoms with van der Waals surface area (Å²) in [6.07, 6.45) is 4.68. The summed E-state index contributed by atoms with van der Waals surface area (Å²) in [6.45, 7) is 6.34. The Kier molecular flexibility index (Phi) is 10.1. The van der Waals surface area contributed by atoms with Crippen LogP contribution in [0.25, 0.3) is 0 Å². The third kappa shape index (κ3) is 6.55. The summed E-state index contributed by atoms with van der Waals surface area (Å²) in [5.41, 5.74) is -0.730. The van der Waals surface area contributed by atoms with Crippen molar-refractivity contribution in [1.82, 2.24) is 15.5 Å². The van der Waals surface area contributed by atoms with Crippen LogP contribution in [-0.2, 0) is 14.3 Å². The third-order valence-electron chi connectivity index (χ3n) is 7.64. The van der Waals surface area contributed by atoms with Gasteiger partial charge < -0.3 is 25.0 Å². The number of nitrogens with one attached hydrogen (secondary N) is 2. The van der Waals surface area contributed by atoms with Gasteiger partial charge >= 0.3 is 0 Å². The van der Waals surface area contributed by atoms with Crippen LogP contribution in [-0.4, -0.2) is 68.6 Å². The number of carbonyl (C=O) groups is 3. The first-order chi connectivity index (χ1) is 17.3. The third-order valence-corrected chi connectivity index (χ3v) is 7.64. The molecule has 2 aliphatic heterocycles. The van der Waals surface area contributed by atoms with Crippen LogP contribution in [0.15, 0.2) is 18.2 Å². The Morgan fingerprint density at radius 3 is 2.61 bits per heavy atom. The quantitative estimate of drug-likeness (QED) is 0.655. The van der Waals surface area contributed by atoms with Gasteiger partial charge in [0.05, 0.1) is 18.1 Å². The zero-order valence-corrected chi connectivity index (χ0v) is 21.7. The van der Waals surface area contributed by atoms with Crippen LogP contribution in [0.4, 0.5) is 4.39 Å². The van der Waals surface area contributed by atoms with Crippen molar-refractivity contribution in [3.63, 3.8) is 0 Å². The van der Waals surface area contributed by atoms with Crippen LogP contribution in [0, 0.1) is 17.2 Å². The van der Waals surface area contributed by atoms with Crippen LogP contribution < -0.4 is 15.4 Å². The molecule has 3 amide bonds. The Morgan fingerprint density at radius 2 is 1.92 bits per heavy atom. The van der Waals surface area contributed by atoms with Crippen molar-refractivity contribution in [3.05, 3.63) is 29.6 Å². The Morgan fingerprint density at radius 1 is 1.19 bits per heavy atom. The van der Waals surface area contributed by atoms with E-state index >= 15 is 0 Å². The number of hydrogen-bond acceptors (Lipinski definition) is 5. The molecule has 1 aromatic rings. The number of halogens is 1. The summed E-state index contributed by atoms with van der Waals surface area (Å²) in [4.78, 5) is 41.3. The standard InChI is InChI=1S/C27H40FN3O5/c1-4-19(2)23-24(32)29-14-8-18-36-17-6-5-11-27(26(34)30-23)12-15-31(16-13-27)25(33)20-9-7-10-21(35-3)22(20)28/h7,9-10,19,23H,4-6,8,11-18H2,1-3H3,(H,29,32)(H,30,34)/t19-,23-/m0/s1. The van der Waals surface area contributed by atoms with Crippen molar-refractivity contribution in [2.75, 3.05) is 40.0 Å². The zero-order valence-electron chi connectivity index (χ0n) is 21.7. The van der Waals surface area contributed by atoms with Crippen molar-refractivity contribution < 1.29 is 28.2 Å². The Balaban J connectivity index is 1.77. The summed E-state index contributed by atoms with van der Waals surface area (Å²) in [5, 5.41) is 6.01. The fourth-order valence-electron chi connectivity index (χ4n) is 4.99. The number of benzene rings is 1. The minimum atomic E-state index is -0.695. The average molecular weight is 506 g/mol. The van der Waals surface area contributed by atoms with Crippen molar-refractivity contribution in [2.45, 2.75) is 64.8 Å². The maximum atomic E-state index is 14.7. The van der Waals surface area contributed by atoms with E-state index in [-0.39, 0.29) is 29.0 Å². The Labute approximate surface area is 213 Å². The predicted molar refractivity (Wildman–Crippen MR) is 134 cm³/mol. The summed E-state index contributed by atoms with van der Waals surface area (Å²) in [6, 6.07) is 3.90. The largest absolute Gasteiger partial charge is 0.494 e. The van der Waals surface area contributed by atoms with Gasteiger partial charge in [0.1, 0.15) is 6.04 Å². The predicted octanol–water partition coefficient (Wildman–Crippen LogP) is 3.29. The smallest absolute Gasteiger partial charge is 0.256 e. The van der Waals surface area contributed by atoms with Crippen molar-refractivity contribution in [3.8, 4) is 5.75 Å². The SMILES string of the molecule is CC[C@H](C)[C@@H]1NC(=O)C2(CCCCOCCCNC1=O)CCN(C(=O)c1cccc(OC)c1F)CC2. The molecule has 2 atom stereocenters. The van der Waals surface area contributed by atoms with E-state index in [1.807, 2.05) is 13.8 Å². The van der Waals surface area contributed by atoms with Crippen LogP contribution in [0.2, 0.25) is 0 Å². The van der Waals surface area contributed by atoms with Crippen molar-refractivity contribution >= 4 is 17.7 Å². The van der Waals surface area contributed by atoms with E-state index in [9.17, 15) is 18.8 Å². The molecule has 2 saturated heterocycles. The summed E-state index contributed by atoms with van der Waals surface area (Å²) in [7, 11) is 1.36. The molecule has 9 heteroatoms. The molecule has 0 saturated carbocycles. The molecule has 1 spiro atoms. The number of nitrogens with zero attached hydrogens (tertiary/aromatic N) is 1. The summed E-state index contributed by atoms with van der Waals surface area (Å²) >= 11 is 0. The molecular formula is C27H40FN3O5. The lowest BCUT2D eigenvalue weighted by molar-refractivity contribution is -0.139. The highest BCUT2D eigenvalue weighted by molar-refractivity contribution is 5.95. The highest BCUT2D eigenvalue weighted by Gasteiger charge is 2.43.